The summed E-state index contributed by atoms with van der Waals surface area (Å²) in [6.07, 6.45) is -0.257. The molecule has 4 amide bonds. The number of anilines is 1. The number of hydrogen-bond acceptors (Lipinski definition) is 4. The molecule has 0 aromatic heterocycles. The molecule has 0 atom stereocenters. The van der Waals surface area contributed by atoms with Gasteiger partial charge in [-0.05, 0) is 18.6 Å². The van der Waals surface area contributed by atoms with Crippen LogP contribution in [0.3, 0.4) is 0 Å². The highest BCUT2D eigenvalue weighted by Crippen LogP contribution is 2.17. The number of urea groups is 1. The van der Waals surface area contributed by atoms with Crippen molar-refractivity contribution in [1.29, 1.82) is 0 Å². The van der Waals surface area contributed by atoms with E-state index in [1.807, 2.05) is 0 Å². The lowest BCUT2D eigenvalue weighted by Crippen LogP contribution is -2.56. The van der Waals surface area contributed by atoms with Crippen LogP contribution in [0.25, 0.3) is 0 Å². The van der Waals surface area contributed by atoms with Crippen molar-refractivity contribution in [2.45, 2.75) is 13.3 Å². The number of aliphatic carboxylic acids is 1. The minimum absolute atomic E-state index is 0.103. The van der Waals surface area contributed by atoms with Crippen molar-refractivity contribution < 1.29 is 24.3 Å². The van der Waals surface area contributed by atoms with Gasteiger partial charge in [0.1, 0.15) is 0 Å². The van der Waals surface area contributed by atoms with Crippen LogP contribution in [0.4, 0.5) is 10.5 Å². The summed E-state index contributed by atoms with van der Waals surface area (Å²) in [4.78, 5) is 49.1. The normalized spacial score (nSPS) is 14.8. The molecular formula is C15H17N3O5. The van der Waals surface area contributed by atoms with Gasteiger partial charge in [-0.3, -0.25) is 19.3 Å². The van der Waals surface area contributed by atoms with Gasteiger partial charge < -0.3 is 15.3 Å². The maximum absolute atomic E-state index is 12.2. The Bertz CT molecular complexity index is 658. The van der Waals surface area contributed by atoms with Crippen LogP contribution in [0.5, 0.6) is 0 Å². The third kappa shape index (κ3) is 3.65. The number of carboxylic acid groups (broad SMARTS) is 1. The number of carbonyl (C=O) groups is 4. The number of amides is 4. The number of carbonyl (C=O) groups excluding carboxylic acids is 3. The van der Waals surface area contributed by atoms with Crippen LogP contribution in [0, 0.1) is 0 Å². The second kappa shape index (κ2) is 6.91. The molecule has 0 unspecified atom stereocenters. The van der Waals surface area contributed by atoms with E-state index in [-0.39, 0.29) is 19.5 Å². The topological polar surface area (TPSA) is 107 Å². The van der Waals surface area contributed by atoms with Crippen molar-refractivity contribution in [1.82, 2.24) is 9.80 Å². The van der Waals surface area contributed by atoms with Gasteiger partial charge >= 0.3 is 23.8 Å². The van der Waals surface area contributed by atoms with Crippen molar-refractivity contribution in [3.8, 4) is 0 Å². The molecule has 0 radical (unpaired) electrons. The average molecular weight is 319 g/mol. The van der Waals surface area contributed by atoms with Crippen LogP contribution in [0.15, 0.2) is 24.3 Å². The molecule has 2 rings (SSSR count). The number of piperazine rings is 1. The van der Waals surface area contributed by atoms with Gasteiger partial charge in [0, 0.05) is 25.3 Å². The zero-order valence-corrected chi connectivity index (χ0v) is 12.6. The van der Waals surface area contributed by atoms with Gasteiger partial charge in [0.15, 0.2) is 0 Å². The first kappa shape index (κ1) is 16.5. The largest absolute Gasteiger partial charge is 0.481 e. The highest BCUT2D eigenvalue weighted by Gasteiger charge is 2.35. The fourth-order valence-electron chi connectivity index (χ4n) is 2.31. The summed E-state index contributed by atoms with van der Waals surface area (Å²) in [6, 6.07) is 5.68. The van der Waals surface area contributed by atoms with Crippen LogP contribution in [-0.4, -0.2) is 58.4 Å². The van der Waals surface area contributed by atoms with E-state index in [1.54, 1.807) is 31.2 Å². The number of carboxylic acids is 1. The first-order chi connectivity index (χ1) is 10.9. The quantitative estimate of drug-likeness (QED) is 0.788. The maximum Gasteiger partial charge on any atom is 0.329 e. The Morgan fingerprint density at radius 3 is 2.52 bits per heavy atom. The van der Waals surface area contributed by atoms with Crippen molar-refractivity contribution in [2.75, 3.05) is 25.0 Å². The molecule has 8 heteroatoms. The second-order valence-electron chi connectivity index (χ2n) is 5.00. The summed E-state index contributed by atoms with van der Waals surface area (Å²) in [5.74, 6) is -2.63. The van der Waals surface area contributed by atoms with Crippen LogP contribution < -0.4 is 5.32 Å². The minimum Gasteiger partial charge on any atom is -0.481 e. The van der Waals surface area contributed by atoms with E-state index >= 15 is 0 Å². The Kier molecular flexibility index (Phi) is 4.95. The molecule has 1 aromatic carbocycles. The predicted octanol–water partition coefficient (Wildman–Crippen LogP) is 0.536. The van der Waals surface area contributed by atoms with Gasteiger partial charge in [0.05, 0.1) is 6.42 Å². The summed E-state index contributed by atoms with van der Waals surface area (Å²) >= 11 is 0. The third-order valence-electron chi connectivity index (χ3n) is 3.54. The average Bonchev–Trinajstić information content (AvgIpc) is 2.51. The van der Waals surface area contributed by atoms with Gasteiger partial charge in [-0.1, -0.05) is 18.2 Å². The SMILES string of the molecule is CCN1CCN(C(=O)Nc2ccccc2CC(=O)O)C(=O)C1=O. The lowest BCUT2D eigenvalue weighted by molar-refractivity contribution is -0.153. The van der Waals surface area contributed by atoms with Crippen LogP contribution in [-0.2, 0) is 20.8 Å². The Balaban J connectivity index is 2.12. The second-order valence-corrected chi connectivity index (χ2v) is 5.00. The summed E-state index contributed by atoms with van der Waals surface area (Å²) in [5.41, 5.74) is 0.720. The summed E-state index contributed by atoms with van der Waals surface area (Å²) in [7, 11) is 0. The number of para-hydroxylation sites is 1. The predicted molar refractivity (Wildman–Crippen MR) is 80.8 cm³/mol. The van der Waals surface area contributed by atoms with Gasteiger partial charge in [0.25, 0.3) is 0 Å². The molecule has 1 aliphatic heterocycles. The number of rotatable bonds is 4. The van der Waals surface area contributed by atoms with E-state index < -0.39 is 23.8 Å². The monoisotopic (exact) mass is 319 g/mol. The molecule has 1 fully saturated rings. The van der Waals surface area contributed by atoms with Crippen molar-refractivity contribution >= 4 is 29.5 Å². The Hall–Kier alpha value is -2.90. The van der Waals surface area contributed by atoms with Gasteiger partial charge in [-0.25, -0.2) is 4.79 Å². The molecule has 8 nitrogen and oxygen atoms in total. The first-order valence-corrected chi connectivity index (χ1v) is 7.15. The smallest absolute Gasteiger partial charge is 0.329 e. The van der Waals surface area contributed by atoms with Crippen LogP contribution in [0.1, 0.15) is 12.5 Å². The molecule has 0 spiro atoms. The van der Waals surface area contributed by atoms with E-state index in [1.165, 1.54) is 4.90 Å². The van der Waals surface area contributed by atoms with Crippen molar-refractivity contribution in [3.63, 3.8) is 0 Å². The molecular weight excluding hydrogens is 302 g/mol. The Morgan fingerprint density at radius 1 is 1.17 bits per heavy atom. The molecule has 0 saturated carbocycles. The van der Waals surface area contributed by atoms with E-state index in [9.17, 15) is 19.2 Å². The highest BCUT2D eigenvalue weighted by atomic mass is 16.4. The van der Waals surface area contributed by atoms with E-state index in [0.29, 0.717) is 17.8 Å². The number of nitrogens with zero attached hydrogens (tertiary/aromatic N) is 2. The highest BCUT2D eigenvalue weighted by molar-refractivity contribution is 6.38. The zero-order chi connectivity index (χ0) is 17.0. The van der Waals surface area contributed by atoms with Crippen LogP contribution in [0.2, 0.25) is 0 Å². The lowest BCUT2D eigenvalue weighted by atomic mass is 10.1. The molecule has 23 heavy (non-hydrogen) atoms. The molecule has 1 aromatic rings. The van der Waals surface area contributed by atoms with E-state index in [2.05, 4.69) is 5.32 Å². The van der Waals surface area contributed by atoms with E-state index in [0.717, 1.165) is 4.90 Å². The Morgan fingerprint density at radius 2 is 1.87 bits per heavy atom. The number of hydrogen-bond donors (Lipinski definition) is 2. The number of nitrogens with one attached hydrogen (secondary N) is 1. The fourth-order valence-corrected chi connectivity index (χ4v) is 2.31. The number of imide groups is 1. The molecule has 1 heterocycles. The first-order valence-electron chi connectivity index (χ1n) is 7.15. The third-order valence-corrected chi connectivity index (χ3v) is 3.54. The standard InChI is InChI=1S/C15H17N3O5/c1-2-17-7-8-18(14(22)13(17)21)15(23)16-11-6-4-3-5-10(11)9-12(19)20/h3-6H,2,7-9H2,1H3,(H,16,23)(H,19,20). The number of likely N-dealkylation sites (N-methyl/N-ethyl adjacent to an activating group) is 1. The molecule has 0 aliphatic carbocycles. The van der Waals surface area contributed by atoms with Crippen molar-refractivity contribution in [2.24, 2.45) is 0 Å². The molecule has 1 saturated heterocycles. The van der Waals surface area contributed by atoms with Crippen molar-refractivity contribution in [3.05, 3.63) is 29.8 Å². The maximum atomic E-state index is 12.2. The number of benzene rings is 1. The molecule has 1 aliphatic rings. The van der Waals surface area contributed by atoms with E-state index in [4.69, 9.17) is 5.11 Å². The minimum atomic E-state index is -1.03. The van der Waals surface area contributed by atoms with Gasteiger partial charge in [-0.2, -0.15) is 0 Å². The molecule has 0 bridgehead atoms. The van der Waals surface area contributed by atoms with Gasteiger partial charge in [-0.15, -0.1) is 0 Å². The van der Waals surface area contributed by atoms with Gasteiger partial charge in [0.2, 0.25) is 0 Å². The molecule has 2 N–H and O–H groups in total. The fraction of sp³-hybridized carbons (Fsp3) is 0.333. The summed E-state index contributed by atoms with van der Waals surface area (Å²) in [6.45, 7) is 2.54. The zero-order valence-electron chi connectivity index (χ0n) is 12.6. The molecule has 122 valence electrons. The van der Waals surface area contributed by atoms with Crippen LogP contribution >= 0.6 is 0 Å². The Labute approximate surface area is 132 Å². The summed E-state index contributed by atoms with van der Waals surface area (Å²) in [5, 5.41) is 11.4. The summed E-state index contributed by atoms with van der Waals surface area (Å²) < 4.78 is 0. The lowest BCUT2D eigenvalue weighted by Gasteiger charge is -2.31.